The van der Waals surface area contributed by atoms with Gasteiger partial charge in [-0.2, -0.15) is 0 Å². The van der Waals surface area contributed by atoms with Gasteiger partial charge >= 0.3 is 0 Å². The second-order valence-corrected chi connectivity index (χ2v) is 8.40. The van der Waals surface area contributed by atoms with Gasteiger partial charge in [0.15, 0.2) is 0 Å². The third-order valence-corrected chi connectivity index (χ3v) is 6.07. The molecule has 4 rings (SSSR count). The summed E-state index contributed by atoms with van der Waals surface area (Å²) >= 11 is 12.5. The molecule has 1 aliphatic rings. The third-order valence-electron chi connectivity index (χ3n) is 5.35. The summed E-state index contributed by atoms with van der Waals surface area (Å²) in [5.41, 5.74) is 2.67. The van der Waals surface area contributed by atoms with E-state index in [2.05, 4.69) is 5.32 Å². The van der Waals surface area contributed by atoms with E-state index in [-0.39, 0.29) is 11.4 Å². The molecule has 1 N–H and O–H groups in total. The first-order valence-corrected chi connectivity index (χ1v) is 10.3. The van der Waals surface area contributed by atoms with Crippen LogP contribution in [0.1, 0.15) is 24.5 Å². The highest BCUT2D eigenvalue weighted by atomic mass is 35.5. The van der Waals surface area contributed by atoms with Crippen molar-refractivity contribution in [1.29, 1.82) is 0 Å². The van der Waals surface area contributed by atoms with E-state index in [0.717, 1.165) is 5.56 Å². The van der Waals surface area contributed by atoms with Gasteiger partial charge < -0.3 is 5.32 Å². The molecule has 3 aromatic rings. The topological polar surface area (TPSA) is 111 Å². The first kappa shape index (κ1) is 21.7. The van der Waals surface area contributed by atoms with Gasteiger partial charge in [-0.3, -0.25) is 25.2 Å². The Bertz CT molecular complexity index is 1260. The van der Waals surface area contributed by atoms with Crippen LogP contribution in [-0.2, 0) is 5.54 Å². The number of benzene rings is 3. The average molecular weight is 471 g/mol. The van der Waals surface area contributed by atoms with E-state index in [1.54, 1.807) is 36.4 Å². The van der Waals surface area contributed by atoms with E-state index in [9.17, 15) is 20.2 Å². The van der Waals surface area contributed by atoms with Crippen LogP contribution in [0.3, 0.4) is 0 Å². The quantitative estimate of drug-likeness (QED) is 0.338. The summed E-state index contributed by atoms with van der Waals surface area (Å²) in [6.07, 6.45) is 0.395. The van der Waals surface area contributed by atoms with Crippen molar-refractivity contribution in [3.05, 3.63) is 102 Å². The summed E-state index contributed by atoms with van der Waals surface area (Å²) in [5.74, 6) is 0. The van der Waals surface area contributed by atoms with Crippen molar-refractivity contribution < 1.29 is 9.85 Å². The van der Waals surface area contributed by atoms with Gasteiger partial charge in [0.1, 0.15) is 0 Å². The zero-order valence-electron chi connectivity index (χ0n) is 16.7. The molecule has 1 heterocycles. The lowest BCUT2D eigenvalue weighted by molar-refractivity contribution is -0.385. The van der Waals surface area contributed by atoms with Crippen LogP contribution in [0, 0.1) is 20.2 Å². The molecular formula is C22H16Cl2N4O4. The van der Waals surface area contributed by atoms with Crippen LogP contribution < -0.4 is 5.32 Å². The maximum atomic E-state index is 11.1. The van der Waals surface area contributed by atoms with Gasteiger partial charge in [0.25, 0.3) is 11.4 Å². The third kappa shape index (κ3) is 4.15. The van der Waals surface area contributed by atoms with E-state index in [0.29, 0.717) is 39.1 Å². The van der Waals surface area contributed by atoms with Gasteiger partial charge in [-0.15, -0.1) is 0 Å². The maximum Gasteiger partial charge on any atom is 0.269 e. The minimum Gasteiger partial charge on any atom is -0.374 e. The fourth-order valence-electron chi connectivity index (χ4n) is 3.66. The first-order valence-electron chi connectivity index (χ1n) is 9.51. The zero-order chi connectivity index (χ0) is 23.0. The van der Waals surface area contributed by atoms with E-state index >= 15 is 0 Å². The predicted molar refractivity (Wildman–Crippen MR) is 124 cm³/mol. The summed E-state index contributed by atoms with van der Waals surface area (Å²) in [4.78, 5) is 26.0. The van der Waals surface area contributed by atoms with Gasteiger partial charge in [-0.1, -0.05) is 23.2 Å². The number of aliphatic imine (C=N–C) groups is 1. The van der Waals surface area contributed by atoms with Crippen molar-refractivity contribution in [2.24, 2.45) is 4.99 Å². The highest BCUT2D eigenvalue weighted by Gasteiger charge is 2.33. The fourth-order valence-corrected chi connectivity index (χ4v) is 3.98. The van der Waals surface area contributed by atoms with Gasteiger partial charge in [0, 0.05) is 30.7 Å². The van der Waals surface area contributed by atoms with Crippen molar-refractivity contribution in [3.63, 3.8) is 0 Å². The van der Waals surface area contributed by atoms with E-state index < -0.39 is 15.4 Å². The number of nitrogens with one attached hydrogen (secondary N) is 1. The Morgan fingerprint density at radius 2 is 1.44 bits per heavy atom. The van der Waals surface area contributed by atoms with Crippen LogP contribution in [-0.4, -0.2) is 15.6 Å². The highest BCUT2D eigenvalue weighted by molar-refractivity contribution is 6.42. The Kier molecular flexibility index (Phi) is 5.58. The molecule has 1 atom stereocenters. The Balaban J connectivity index is 1.84. The van der Waals surface area contributed by atoms with Crippen LogP contribution in [0.25, 0.3) is 0 Å². The lowest BCUT2D eigenvalue weighted by Gasteiger charge is -2.32. The van der Waals surface area contributed by atoms with E-state index in [1.807, 2.05) is 6.92 Å². The molecule has 0 aromatic heterocycles. The summed E-state index contributed by atoms with van der Waals surface area (Å²) in [5, 5.41) is 26.3. The zero-order valence-corrected chi connectivity index (χ0v) is 18.2. The smallest absolute Gasteiger partial charge is 0.269 e. The molecular weight excluding hydrogens is 455 g/mol. The van der Waals surface area contributed by atoms with Crippen LogP contribution in [0.2, 0.25) is 10.0 Å². The van der Waals surface area contributed by atoms with Crippen molar-refractivity contribution >= 4 is 51.7 Å². The van der Waals surface area contributed by atoms with Crippen LogP contribution in [0.15, 0.2) is 65.7 Å². The van der Waals surface area contributed by atoms with Gasteiger partial charge in [0.05, 0.1) is 42.5 Å². The monoisotopic (exact) mass is 470 g/mol. The Labute approximate surface area is 192 Å². The molecule has 3 aromatic carbocycles. The van der Waals surface area contributed by atoms with Crippen LogP contribution >= 0.6 is 23.2 Å². The predicted octanol–water partition coefficient (Wildman–Crippen LogP) is 6.66. The number of nitro benzene ring substituents is 2. The minimum absolute atomic E-state index is 0.00884. The first-order chi connectivity index (χ1) is 15.2. The molecule has 162 valence electrons. The molecule has 0 fully saturated rings. The van der Waals surface area contributed by atoms with Crippen molar-refractivity contribution in [2.75, 3.05) is 5.32 Å². The van der Waals surface area contributed by atoms with Gasteiger partial charge in [0.2, 0.25) is 0 Å². The molecule has 0 aliphatic carbocycles. The molecule has 0 saturated heterocycles. The summed E-state index contributed by atoms with van der Waals surface area (Å²) in [7, 11) is 0. The molecule has 32 heavy (non-hydrogen) atoms. The Morgan fingerprint density at radius 3 is 2.00 bits per heavy atom. The summed E-state index contributed by atoms with van der Waals surface area (Å²) in [6.45, 7) is 1.95. The van der Waals surface area contributed by atoms with Crippen molar-refractivity contribution in [2.45, 2.75) is 18.9 Å². The largest absolute Gasteiger partial charge is 0.374 e. The lowest BCUT2D eigenvalue weighted by Crippen LogP contribution is -2.33. The number of non-ortho nitro benzene ring substituents is 2. The highest BCUT2D eigenvalue weighted by Crippen LogP contribution is 2.42. The Morgan fingerprint density at radius 1 is 0.906 bits per heavy atom. The average Bonchev–Trinajstić information content (AvgIpc) is 2.91. The second-order valence-electron chi connectivity index (χ2n) is 7.58. The molecule has 0 bridgehead atoms. The fraction of sp³-hybridized carbons (Fsp3) is 0.136. The molecule has 8 nitrogen and oxygen atoms in total. The number of hydrogen-bond donors (Lipinski definition) is 1. The van der Waals surface area contributed by atoms with E-state index in [4.69, 9.17) is 28.2 Å². The number of nitrogens with zero attached hydrogens (tertiary/aromatic N) is 3. The molecule has 1 aliphatic heterocycles. The number of nitro groups is 2. The van der Waals surface area contributed by atoms with Crippen LogP contribution in [0.4, 0.5) is 22.7 Å². The van der Waals surface area contributed by atoms with Crippen molar-refractivity contribution in [3.8, 4) is 0 Å². The number of fused-ring (bicyclic) bond motifs is 1. The molecule has 10 heteroatoms. The molecule has 0 amide bonds. The van der Waals surface area contributed by atoms with Gasteiger partial charge in [-0.05, 0) is 54.4 Å². The molecule has 0 radical (unpaired) electrons. The van der Waals surface area contributed by atoms with Crippen molar-refractivity contribution in [1.82, 2.24) is 0 Å². The second kappa shape index (κ2) is 8.22. The van der Waals surface area contributed by atoms with Gasteiger partial charge in [-0.25, -0.2) is 0 Å². The molecule has 0 spiro atoms. The standard InChI is InChI=1S/C22H16Cl2N4O4/c1-22(14-4-8-16(9-5-14)28(31)32)12-21(13-2-6-15(7-3-13)27(29)30)25-19-10-17(23)18(24)11-20(19)26-22/h2-11,26H,12H2,1H3. The SMILES string of the molecule is CC1(c2ccc([N+](=O)[O-])cc2)CC(c2ccc([N+](=O)[O-])cc2)=Nc2cc(Cl)c(Cl)cc2N1. The number of halogens is 2. The molecule has 1 unspecified atom stereocenters. The summed E-state index contributed by atoms with van der Waals surface area (Å²) < 4.78 is 0. The minimum atomic E-state index is -0.710. The molecule has 0 saturated carbocycles. The Hall–Kier alpha value is -3.49. The maximum absolute atomic E-state index is 11.1. The lowest BCUT2D eigenvalue weighted by atomic mass is 9.85. The normalized spacial score (nSPS) is 17.5. The van der Waals surface area contributed by atoms with E-state index in [1.165, 1.54) is 24.3 Å². The van der Waals surface area contributed by atoms with Crippen LogP contribution in [0.5, 0.6) is 0 Å². The number of rotatable bonds is 4. The summed E-state index contributed by atoms with van der Waals surface area (Å²) in [6, 6.07) is 15.8. The number of hydrogen-bond acceptors (Lipinski definition) is 6. The number of anilines is 1.